The second-order valence-corrected chi connectivity index (χ2v) is 10.9. The Morgan fingerprint density at radius 2 is 1.83 bits per heavy atom. The van der Waals surface area contributed by atoms with Gasteiger partial charge in [0.05, 0.1) is 17.5 Å². The van der Waals surface area contributed by atoms with Gasteiger partial charge in [-0.15, -0.1) is 10.2 Å². The molecule has 30 heavy (non-hydrogen) atoms. The van der Waals surface area contributed by atoms with Crippen molar-refractivity contribution in [2.24, 2.45) is 7.05 Å². The van der Waals surface area contributed by atoms with Crippen molar-refractivity contribution in [1.82, 2.24) is 33.8 Å². The average Bonchev–Trinajstić information content (AvgIpc) is 3.29. The summed E-state index contributed by atoms with van der Waals surface area (Å²) in [4.78, 5) is 14.7. The average molecular weight is 436 g/mol. The van der Waals surface area contributed by atoms with Crippen molar-refractivity contribution in [3.63, 3.8) is 0 Å². The van der Waals surface area contributed by atoms with E-state index in [1.165, 1.54) is 0 Å². The lowest BCUT2D eigenvalue weighted by atomic mass is 9.97. The number of piperidine rings is 1. The number of fused-ring (bicyclic) bond motifs is 1. The molecule has 2 aliphatic heterocycles. The van der Waals surface area contributed by atoms with Crippen molar-refractivity contribution in [2.45, 2.75) is 57.9 Å². The van der Waals surface area contributed by atoms with Crippen LogP contribution in [-0.2, 0) is 30.2 Å². The van der Waals surface area contributed by atoms with E-state index in [4.69, 9.17) is 0 Å². The highest BCUT2D eigenvalue weighted by Crippen LogP contribution is 2.30. The van der Waals surface area contributed by atoms with E-state index in [1.54, 1.807) is 40.8 Å². The number of hydrogen-bond acceptors (Lipinski definition) is 6. The van der Waals surface area contributed by atoms with Crippen molar-refractivity contribution in [2.75, 3.05) is 19.6 Å². The van der Waals surface area contributed by atoms with E-state index in [2.05, 4.69) is 19.9 Å². The summed E-state index contributed by atoms with van der Waals surface area (Å²) < 4.78 is 30.1. The summed E-state index contributed by atoms with van der Waals surface area (Å²) in [7, 11) is -1.44. The molecule has 4 rings (SSSR count). The fourth-order valence-corrected chi connectivity index (χ4v) is 5.61. The monoisotopic (exact) mass is 435 g/mol. The molecular formula is C19H29N7O3S. The number of rotatable bonds is 4. The third-order valence-electron chi connectivity index (χ3n) is 6.06. The quantitative estimate of drug-likeness (QED) is 0.706. The molecular weight excluding hydrogens is 406 g/mol. The van der Waals surface area contributed by atoms with Crippen LogP contribution in [0, 0.1) is 6.92 Å². The number of amides is 1. The van der Waals surface area contributed by atoms with Crippen LogP contribution in [0.1, 0.15) is 60.4 Å². The third-order valence-corrected chi connectivity index (χ3v) is 8.34. The summed E-state index contributed by atoms with van der Waals surface area (Å²) in [5.41, 5.74) is 1.38. The molecule has 0 spiro atoms. The van der Waals surface area contributed by atoms with Gasteiger partial charge in [0.1, 0.15) is 11.5 Å². The minimum absolute atomic E-state index is 0.0545. The van der Waals surface area contributed by atoms with Crippen LogP contribution in [0.4, 0.5) is 0 Å². The second kappa shape index (κ2) is 7.77. The molecule has 0 saturated carbocycles. The Morgan fingerprint density at radius 3 is 2.43 bits per heavy atom. The molecule has 1 fully saturated rings. The molecule has 1 amide bonds. The Balaban J connectivity index is 1.45. The second-order valence-electron chi connectivity index (χ2n) is 8.41. The maximum atomic E-state index is 12.9. The molecule has 2 aromatic heterocycles. The van der Waals surface area contributed by atoms with E-state index < -0.39 is 15.3 Å². The minimum atomic E-state index is -3.22. The molecule has 2 aliphatic rings. The molecule has 0 radical (unpaired) electrons. The van der Waals surface area contributed by atoms with Crippen LogP contribution >= 0.6 is 0 Å². The van der Waals surface area contributed by atoms with Gasteiger partial charge in [-0.2, -0.15) is 5.10 Å². The van der Waals surface area contributed by atoms with E-state index in [9.17, 15) is 13.2 Å². The lowest BCUT2D eigenvalue weighted by Gasteiger charge is -2.33. The van der Waals surface area contributed by atoms with Gasteiger partial charge >= 0.3 is 0 Å². The highest BCUT2D eigenvalue weighted by molar-refractivity contribution is 7.89. The maximum Gasteiger partial charge on any atom is 0.272 e. The number of hydrogen-bond donors (Lipinski definition) is 0. The summed E-state index contributed by atoms with van der Waals surface area (Å²) in [5.74, 6) is 1.82. The van der Waals surface area contributed by atoms with Crippen molar-refractivity contribution in [3.05, 3.63) is 29.1 Å². The maximum absolute atomic E-state index is 12.9. The summed E-state index contributed by atoms with van der Waals surface area (Å²) in [5, 5.41) is 12.6. The number of sulfonamides is 1. The standard InChI is InChI=1S/C19H29N7O3S/c1-13(2)30(28,29)25-7-5-15(6-8-25)18-21-20-17-12-24(9-10-26(17)18)19(27)16-11-14(3)22-23(16)4/h11,13,15H,5-10,12H2,1-4H3. The topological polar surface area (TPSA) is 106 Å². The molecule has 11 heteroatoms. The van der Waals surface area contributed by atoms with E-state index in [-0.39, 0.29) is 11.8 Å². The number of aryl methyl sites for hydroxylation is 2. The molecule has 4 heterocycles. The van der Waals surface area contributed by atoms with Crippen LogP contribution in [-0.4, -0.2) is 73.0 Å². The van der Waals surface area contributed by atoms with Crippen LogP contribution in [0.2, 0.25) is 0 Å². The lowest BCUT2D eigenvalue weighted by molar-refractivity contribution is 0.0694. The lowest BCUT2D eigenvalue weighted by Crippen LogP contribution is -2.42. The Hall–Kier alpha value is -2.27. The molecule has 0 aliphatic carbocycles. The van der Waals surface area contributed by atoms with Crippen molar-refractivity contribution in [3.8, 4) is 0 Å². The van der Waals surface area contributed by atoms with Crippen LogP contribution in [0.3, 0.4) is 0 Å². The molecule has 2 aromatic rings. The summed E-state index contributed by atoms with van der Waals surface area (Å²) in [6.07, 6.45) is 1.47. The number of aromatic nitrogens is 5. The van der Waals surface area contributed by atoms with Crippen molar-refractivity contribution < 1.29 is 13.2 Å². The zero-order valence-corrected chi connectivity index (χ0v) is 18.8. The van der Waals surface area contributed by atoms with Crippen molar-refractivity contribution in [1.29, 1.82) is 0 Å². The van der Waals surface area contributed by atoms with Crippen LogP contribution in [0.25, 0.3) is 0 Å². The first-order valence-electron chi connectivity index (χ1n) is 10.4. The fraction of sp³-hybridized carbons (Fsp3) is 0.684. The van der Waals surface area contributed by atoms with Gasteiger partial charge in [0.25, 0.3) is 5.91 Å². The predicted molar refractivity (Wildman–Crippen MR) is 110 cm³/mol. The van der Waals surface area contributed by atoms with Crippen LogP contribution in [0.5, 0.6) is 0 Å². The summed E-state index contributed by atoms with van der Waals surface area (Å²) >= 11 is 0. The van der Waals surface area contributed by atoms with Gasteiger partial charge in [0.2, 0.25) is 10.0 Å². The Labute approximate surface area is 176 Å². The normalized spacial score (nSPS) is 18.8. The highest BCUT2D eigenvalue weighted by atomic mass is 32.2. The first kappa shape index (κ1) is 21.0. The molecule has 0 bridgehead atoms. The molecule has 0 unspecified atom stereocenters. The molecule has 0 N–H and O–H groups in total. The largest absolute Gasteiger partial charge is 0.328 e. The fourth-order valence-electron chi connectivity index (χ4n) is 4.29. The zero-order chi connectivity index (χ0) is 21.6. The van der Waals surface area contributed by atoms with Crippen molar-refractivity contribution >= 4 is 15.9 Å². The summed E-state index contributed by atoms with van der Waals surface area (Å²) in [6.45, 7) is 7.97. The van der Waals surface area contributed by atoms with E-state index in [0.29, 0.717) is 38.4 Å². The van der Waals surface area contributed by atoms with Gasteiger partial charge in [-0.05, 0) is 39.7 Å². The zero-order valence-electron chi connectivity index (χ0n) is 17.9. The first-order chi connectivity index (χ1) is 14.2. The number of nitrogens with zero attached hydrogens (tertiary/aromatic N) is 7. The Bertz CT molecular complexity index is 1050. The SMILES string of the molecule is Cc1cc(C(=O)N2CCn3c(nnc3C3CCN(S(=O)(=O)C(C)C)CC3)C2)n(C)n1. The van der Waals surface area contributed by atoms with Crippen LogP contribution < -0.4 is 0 Å². The van der Waals surface area contributed by atoms with Gasteiger partial charge in [-0.25, -0.2) is 12.7 Å². The van der Waals surface area contributed by atoms with E-state index in [1.807, 2.05) is 6.92 Å². The predicted octanol–water partition coefficient (Wildman–Crippen LogP) is 0.894. The minimum Gasteiger partial charge on any atom is -0.328 e. The number of carbonyl (C=O) groups is 1. The highest BCUT2D eigenvalue weighted by Gasteiger charge is 2.34. The summed E-state index contributed by atoms with van der Waals surface area (Å²) in [6, 6.07) is 1.80. The smallest absolute Gasteiger partial charge is 0.272 e. The number of carbonyl (C=O) groups excluding carboxylic acids is 1. The molecule has 164 valence electrons. The Morgan fingerprint density at radius 1 is 1.13 bits per heavy atom. The Kier molecular flexibility index (Phi) is 5.43. The van der Waals surface area contributed by atoms with E-state index in [0.717, 1.165) is 30.2 Å². The molecule has 0 atom stereocenters. The van der Waals surface area contributed by atoms with Gasteiger partial charge in [-0.1, -0.05) is 0 Å². The van der Waals surface area contributed by atoms with Gasteiger partial charge in [0, 0.05) is 39.1 Å². The van der Waals surface area contributed by atoms with Crippen LogP contribution in [0.15, 0.2) is 6.07 Å². The van der Waals surface area contributed by atoms with Gasteiger partial charge in [0.15, 0.2) is 5.82 Å². The van der Waals surface area contributed by atoms with E-state index >= 15 is 0 Å². The molecule has 0 aromatic carbocycles. The molecule has 10 nitrogen and oxygen atoms in total. The third kappa shape index (κ3) is 3.64. The first-order valence-corrected chi connectivity index (χ1v) is 11.9. The van der Waals surface area contributed by atoms with Gasteiger partial charge in [-0.3, -0.25) is 9.48 Å². The van der Waals surface area contributed by atoms with Gasteiger partial charge < -0.3 is 9.47 Å². The molecule has 1 saturated heterocycles.